The molecule has 2 amide bonds. The molecule has 0 aliphatic rings. The van der Waals surface area contributed by atoms with Crippen molar-refractivity contribution in [1.29, 1.82) is 0 Å². The van der Waals surface area contributed by atoms with Gasteiger partial charge in [-0.3, -0.25) is 4.84 Å². The summed E-state index contributed by atoms with van der Waals surface area (Å²) in [5.41, 5.74) is 0.761. The normalized spacial score (nSPS) is 11.7. The summed E-state index contributed by atoms with van der Waals surface area (Å²) in [5, 5.41) is 3.11. The standard InChI is InChI=1S/C15H21ClN2O4/c1-14(2,3)21-12(19)15(4,5)22-18-13(20)17-11-8-6-10(16)7-9-11/h6-9H,1-5H3,(H2,17,18,20). The molecule has 0 spiro atoms. The van der Waals surface area contributed by atoms with Crippen molar-refractivity contribution in [2.24, 2.45) is 0 Å². The van der Waals surface area contributed by atoms with Crippen molar-refractivity contribution in [1.82, 2.24) is 5.48 Å². The molecule has 0 atom stereocenters. The van der Waals surface area contributed by atoms with Crippen LogP contribution in [0.1, 0.15) is 34.6 Å². The first-order chi connectivity index (χ1) is 9.99. The molecular formula is C15H21ClN2O4. The van der Waals surface area contributed by atoms with E-state index in [4.69, 9.17) is 21.2 Å². The van der Waals surface area contributed by atoms with Crippen LogP contribution in [0.25, 0.3) is 0 Å². The predicted molar refractivity (Wildman–Crippen MR) is 84.6 cm³/mol. The second kappa shape index (κ2) is 6.98. The van der Waals surface area contributed by atoms with Gasteiger partial charge in [0, 0.05) is 10.7 Å². The summed E-state index contributed by atoms with van der Waals surface area (Å²) < 4.78 is 5.22. The number of esters is 1. The molecule has 0 aliphatic heterocycles. The highest BCUT2D eigenvalue weighted by Crippen LogP contribution is 2.17. The average molecular weight is 329 g/mol. The molecule has 0 aromatic heterocycles. The number of ether oxygens (including phenoxy) is 1. The second-order valence-electron chi connectivity index (χ2n) is 6.18. The number of rotatable bonds is 4. The van der Waals surface area contributed by atoms with Crippen LogP contribution in [0.3, 0.4) is 0 Å². The number of halogens is 1. The van der Waals surface area contributed by atoms with Crippen molar-refractivity contribution in [3.05, 3.63) is 29.3 Å². The molecule has 0 bridgehead atoms. The minimum Gasteiger partial charge on any atom is -0.458 e. The fourth-order valence-corrected chi connectivity index (χ4v) is 1.43. The van der Waals surface area contributed by atoms with Crippen LogP contribution in [0.5, 0.6) is 0 Å². The molecule has 22 heavy (non-hydrogen) atoms. The fraction of sp³-hybridized carbons (Fsp3) is 0.467. The van der Waals surface area contributed by atoms with Crippen LogP contribution >= 0.6 is 11.6 Å². The Morgan fingerprint density at radius 2 is 1.59 bits per heavy atom. The average Bonchev–Trinajstić information content (AvgIpc) is 2.37. The maximum atomic E-state index is 12.0. The molecule has 122 valence electrons. The van der Waals surface area contributed by atoms with E-state index in [0.29, 0.717) is 10.7 Å². The number of benzene rings is 1. The molecule has 1 rings (SSSR count). The highest BCUT2D eigenvalue weighted by atomic mass is 35.5. The van der Waals surface area contributed by atoms with Gasteiger partial charge in [-0.1, -0.05) is 11.6 Å². The van der Waals surface area contributed by atoms with Crippen molar-refractivity contribution in [2.75, 3.05) is 5.32 Å². The van der Waals surface area contributed by atoms with E-state index in [9.17, 15) is 9.59 Å². The van der Waals surface area contributed by atoms with E-state index in [2.05, 4.69) is 10.8 Å². The summed E-state index contributed by atoms with van der Waals surface area (Å²) in [6.07, 6.45) is 0. The number of hydrogen-bond acceptors (Lipinski definition) is 4. The summed E-state index contributed by atoms with van der Waals surface area (Å²) >= 11 is 5.75. The smallest absolute Gasteiger partial charge is 0.343 e. The minimum absolute atomic E-state index is 0.542. The van der Waals surface area contributed by atoms with Gasteiger partial charge in [0.1, 0.15) is 5.60 Å². The van der Waals surface area contributed by atoms with Crippen molar-refractivity contribution < 1.29 is 19.2 Å². The monoisotopic (exact) mass is 328 g/mol. The molecule has 0 heterocycles. The van der Waals surface area contributed by atoms with Crippen molar-refractivity contribution in [2.45, 2.75) is 45.8 Å². The van der Waals surface area contributed by atoms with Gasteiger partial charge in [-0.2, -0.15) is 0 Å². The van der Waals surface area contributed by atoms with Gasteiger partial charge in [-0.25, -0.2) is 15.1 Å². The van der Waals surface area contributed by atoms with Crippen LogP contribution < -0.4 is 10.8 Å². The third kappa shape index (κ3) is 6.32. The van der Waals surface area contributed by atoms with Crippen LogP contribution in [0, 0.1) is 0 Å². The molecule has 0 unspecified atom stereocenters. The third-order valence-electron chi connectivity index (χ3n) is 2.39. The number of urea groups is 1. The van der Waals surface area contributed by atoms with Crippen molar-refractivity contribution >= 4 is 29.3 Å². The number of hydroxylamine groups is 1. The molecule has 0 fully saturated rings. The molecule has 0 radical (unpaired) electrons. The van der Waals surface area contributed by atoms with E-state index in [0.717, 1.165) is 0 Å². The molecule has 0 saturated carbocycles. The number of hydrogen-bond donors (Lipinski definition) is 2. The Morgan fingerprint density at radius 1 is 1.05 bits per heavy atom. The maximum absolute atomic E-state index is 12.0. The molecule has 0 saturated heterocycles. The van der Waals surface area contributed by atoms with Gasteiger partial charge < -0.3 is 10.1 Å². The van der Waals surface area contributed by atoms with Gasteiger partial charge in [-0.15, -0.1) is 0 Å². The van der Waals surface area contributed by atoms with Crippen molar-refractivity contribution in [3.63, 3.8) is 0 Å². The Balaban J connectivity index is 2.51. The van der Waals surface area contributed by atoms with Crippen LogP contribution in [0.15, 0.2) is 24.3 Å². The molecule has 7 heteroatoms. The van der Waals surface area contributed by atoms with E-state index < -0.39 is 23.2 Å². The first-order valence-corrected chi connectivity index (χ1v) is 7.11. The molecular weight excluding hydrogens is 308 g/mol. The SMILES string of the molecule is CC(C)(C)OC(=O)C(C)(C)ONC(=O)Nc1ccc(Cl)cc1. The summed E-state index contributed by atoms with van der Waals surface area (Å²) in [7, 11) is 0. The summed E-state index contributed by atoms with van der Waals surface area (Å²) in [6, 6.07) is 5.95. The first-order valence-electron chi connectivity index (χ1n) is 6.74. The van der Waals surface area contributed by atoms with Crippen LogP contribution in [0.2, 0.25) is 5.02 Å². The summed E-state index contributed by atoms with van der Waals surface area (Å²) in [6.45, 7) is 8.26. The molecule has 1 aromatic carbocycles. The van der Waals surface area contributed by atoms with Crippen molar-refractivity contribution in [3.8, 4) is 0 Å². The lowest BCUT2D eigenvalue weighted by Crippen LogP contribution is -2.46. The lowest BCUT2D eigenvalue weighted by molar-refractivity contribution is -0.184. The Morgan fingerprint density at radius 3 is 2.09 bits per heavy atom. The number of carbonyl (C=O) groups is 2. The Bertz CT molecular complexity index is 535. The first kappa shape index (κ1) is 18.3. The zero-order valence-corrected chi connectivity index (χ0v) is 14.1. The van der Waals surface area contributed by atoms with Crippen LogP contribution in [0.4, 0.5) is 10.5 Å². The molecule has 1 aromatic rings. The summed E-state index contributed by atoms with van der Waals surface area (Å²) in [5.74, 6) is -0.577. The maximum Gasteiger partial charge on any atom is 0.343 e. The quantitative estimate of drug-likeness (QED) is 0.655. The minimum atomic E-state index is -1.31. The molecule has 2 N–H and O–H groups in total. The van der Waals surface area contributed by atoms with Crippen LogP contribution in [-0.2, 0) is 14.4 Å². The Labute approximate surface area is 135 Å². The zero-order chi connectivity index (χ0) is 17.0. The van der Waals surface area contributed by atoms with E-state index in [-0.39, 0.29) is 0 Å². The lowest BCUT2D eigenvalue weighted by Gasteiger charge is -2.28. The van der Waals surface area contributed by atoms with Gasteiger partial charge >= 0.3 is 12.0 Å². The van der Waals surface area contributed by atoms with Gasteiger partial charge in [0.25, 0.3) is 0 Å². The van der Waals surface area contributed by atoms with Gasteiger partial charge in [-0.05, 0) is 58.9 Å². The lowest BCUT2D eigenvalue weighted by atomic mass is 10.1. The van der Waals surface area contributed by atoms with Crippen LogP contribution in [-0.4, -0.2) is 23.2 Å². The van der Waals surface area contributed by atoms with E-state index in [1.54, 1.807) is 45.0 Å². The largest absolute Gasteiger partial charge is 0.458 e. The topological polar surface area (TPSA) is 76.7 Å². The molecule has 6 nitrogen and oxygen atoms in total. The number of anilines is 1. The highest BCUT2D eigenvalue weighted by molar-refractivity contribution is 6.30. The zero-order valence-electron chi connectivity index (χ0n) is 13.3. The fourth-order valence-electron chi connectivity index (χ4n) is 1.31. The van der Waals surface area contributed by atoms with E-state index in [1.165, 1.54) is 13.8 Å². The number of amides is 2. The highest BCUT2D eigenvalue weighted by Gasteiger charge is 2.34. The third-order valence-corrected chi connectivity index (χ3v) is 2.64. The van der Waals surface area contributed by atoms with Gasteiger partial charge in [0.15, 0.2) is 5.60 Å². The Hall–Kier alpha value is -1.79. The molecule has 0 aliphatic carbocycles. The van der Waals surface area contributed by atoms with Gasteiger partial charge in [0.05, 0.1) is 0 Å². The number of nitrogens with one attached hydrogen (secondary N) is 2. The van der Waals surface area contributed by atoms with E-state index >= 15 is 0 Å². The number of carbonyl (C=O) groups excluding carboxylic acids is 2. The van der Waals surface area contributed by atoms with E-state index in [1.807, 2.05) is 0 Å². The summed E-state index contributed by atoms with van der Waals surface area (Å²) in [4.78, 5) is 28.8. The van der Waals surface area contributed by atoms with Gasteiger partial charge in [0.2, 0.25) is 0 Å². The predicted octanol–water partition coefficient (Wildman–Crippen LogP) is 3.51. The Kier molecular flexibility index (Phi) is 5.79. The second-order valence-corrected chi connectivity index (χ2v) is 6.61.